The Morgan fingerprint density at radius 1 is 1.31 bits per heavy atom. The van der Waals surface area contributed by atoms with Gasteiger partial charge in [-0.2, -0.15) is 4.98 Å². The quantitative estimate of drug-likeness (QED) is 0.856. The minimum absolute atomic E-state index is 0.338. The van der Waals surface area contributed by atoms with Gasteiger partial charge < -0.3 is 9.84 Å². The Hall–Kier alpha value is -1.91. The van der Waals surface area contributed by atoms with Crippen molar-refractivity contribution >= 4 is 5.82 Å². The van der Waals surface area contributed by atoms with Crippen molar-refractivity contribution in [1.29, 1.82) is 0 Å². The molecule has 0 amide bonds. The molecule has 84 valence electrons. The standard InChI is InChI=1S/C11H14N4O/c1-7(2)14-10-5-9(4-8(3)15-10)11-12-6-13-16-11/h4-7H,1-3H3,(H,14,15). The van der Waals surface area contributed by atoms with Crippen molar-refractivity contribution in [3.63, 3.8) is 0 Å². The Bertz CT molecular complexity index is 465. The molecule has 0 aliphatic carbocycles. The fourth-order valence-electron chi connectivity index (χ4n) is 1.46. The van der Waals surface area contributed by atoms with Crippen LogP contribution in [0.1, 0.15) is 19.5 Å². The number of pyridine rings is 1. The van der Waals surface area contributed by atoms with E-state index in [4.69, 9.17) is 4.52 Å². The van der Waals surface area contributed by atoms with Gasteiger partial charge in [-0.15, -0.1) is 0 Å². The highest BCUT2D eigenvalue weighted by Crippen LogP contribution is 2.20. The fraction of sp³-hybridized carbons (Fsp3) is 0.364. The van der Waals surface area contributed by atoms with Crippen LogP contribution in [0.25, 0.3) is 11.5 Å². The topological polar surface area (TPSA) is 63.8 Å². The summed E-state index contributed by atoms with van der Waals surface area (Å²) in [6, 6.07) is 4.16. The van der Waals surface area contributed by atoms with Crippen LogP contribution in [-0.4, -0.2) is 21.2 Å². The lowest BCUT2D eigenvalue weighted by atomic mass is 10.2. The lowest BCUT2D eigenvalue weighted by molar-refractivity contribution is 0.430. The van der Waals surface area contributed by atoms with Gasteiger partial charge >= 0.3 is 0 Å². The number of anilines is 1. The van der Waals surface area contributed by atoms with Crippen LogP contribution in [0.3, 0.4) is 0 Å². The minimum Gasteiger partial charge on any atom is -0.368 e. The van der Waals surface area contributed by atoms with Crippen molar-refractivity contribution in [2.45, 2.75) is 26.8 Å². The zero-order valence-corrected chi connectivity index (χ0v) is 9.56. The number of nitrogens with zero attached hydrogens (tertiary/aromatic N) is 3. The van der Waals surface area contributed by atoms with Crippen LogP contribution in [0.5, 0.6) is 0 Å². The molecule has 5 nitrogen and oxygen atoms in total. The number of nitrogens with one attached hydrogen (secondary N) is 1. The highest BCUT2D eigenvalue weighted by Gasteiger charge is 2.07. The lowest BCUT2D eigenvalue weighted by Gasteiger charge is -2.10. The molecule has 2 aromatic heterocycles. The molecule has 5 heteroatoms. The highest BCUT2D eigenvalue weighted by molar-refractivity contribution is 5.59. The minimum atomic E-state index is 0.338. The van der Waals surface area contributed by atoms with Crippen molar-refractivity contribution in [2.75, 3.05) is 5.32 Å². The van der Waals surface area contributed by atoms with Crippen LogP contribution < -0.4 is 5.32 Å². The zero-order valence-electron chi connectivity index (χ0n) is 9.56. The van der Waals surface area contributed by atoms with Crippen molar-refractivity contribution in [3.8, 4) is 11.5 Å². The van der Waals surface area contributed by atoms with E-state index in [2.05, 4.69) is 34.3 Å². The van der Waals surface area contributed by atoms with Crippen LogP contribution in [-0.2, 0) is 0 Å². The molecule has 1 N–H and O–H groups in total. The van der Waals surface area contributed by atoms with Gasteiger partial charge in [0.1, 0.15) is 5.82 Å². The Morgan fingerprint density at radius 2 is 2.12 bits per heavy atom. The summed E-state index contributed by atoms with van der Waals surface area (Å²) in [4.78, 5) is 8.40. The molecule has 2 aromatic rings. The zero-order chi connectivity index (χ0) is 11.5. The average molecular weight is 218 g/mol. The van der Waals surface area contributed by atoms with Gasteiger partial charge in [-0.3, -0.25) is 0 Å². The third-order valence-electron chi connectivity index (χ3n) is 2.00. The fourth-order valence-corrected chi connectivity index (χ4v) is 1.46. The van der Waals surface area contributed by atoms with Crippen LogP contribution in [0.15, 0.2) is 23.0 Å². The van der Waals surface area contributed by atoms with Gasteiger partial charge in [0.15, 0.2) is 6.33 Å². The molecule has 0 fully saturated rings. The number of aryl methyl sites for hydroxylation is 1. The summed E-state index contributed by atoms with van der Waals surface area (Å²) in [5, 5.41) is 6.84. The van der Waals surface area contributed by atoms with E-state index in [1.807, 2.05) is 19.1 Å². The summed E-state index contributed by atoms with van der Waals surface area (Å²) in [6.07, 6.45) is 1.39. The number of aromatic nitrogens is 3. The van der Waals surface area contributed by atoms with E-state index in [0.717, 1.165) is 17.1 Å². The summed E-state index contributed by atoms with van der Waals surface area (Å²) in [6.45, 7) is 6.07. The van der Waals surface area contributed by atoms with Crippen molar-refractivity contribution < 1.29 is 4.52 Å². The molecule has 0 aliphatic rings. The Kier molecular flexibility index (Phi) is 2.85. The molecule has 16 heavy (non-hydrogen) atoms. The van der Waals surface area contributed by atoms with E-state index in [9.17, 15) is 0 Å². The molecule has 0 aromatic carbocycles. The second-order valence-electron chi connectivity index (χ2n) is 3.93. The van der Waals surface area contributed by atoms with E-state index < -0.39 is 0 Å². The smallest absolute Gasteiger partial charge is 0.257 e. The number of rotatable bonds is 3. The first-order valence-electron chi connectivity index (χ1n) is 5.17. The van der Waals surface area contributed by atoms with Gasteiger partial charge in [0.25, 0.3) is 5.89 Å². The summed E-state index contributed by atoms with van der Waals surface area (Å²) < 4.78 is 5.02. The first kappa shape index (κ1) is 10.6. The molecule has 2 heterocycles. The third kappa shape index (κ3) is 2.36. The maximum absolute atomic E-state index is 5.02. The summed E-state index contributed by atoms with van der Waals surface area (Å²) >= 11 is 0. The van der Waals surface area contributed by atoms with Crippen molar-refractivity contribution in [3.05, 3.63) is 24.2 Å². The van der Waals surface area contributed by atoms with Gasteiger partial charge in [-0.25, -0.2) is 4.98 Å². The van der Waals surface area contributed by atoms with Crippen molar-refractivity contribution in [2.24, 2.45) is 0 Å². The molecule has 0 radical (unpaired) electrons. The summed E-state index contributed by atoms with van der Waals surface area (Å²) in [5.41, 5.74) is 1.80. The van der Waals surface area contributed by atoms with Crippen LogP contribution >= 0.6 is 0 Å². The first-order chi connectivity index (χ1) is 7.65. The molecule has 2 rings (SSSR count). The SMILES string of the molecule is Cc1cc(-c2ncno2)cc(NC(C)C)n1. The predicted octanol–water partition coefficient (Wildman–Crippen LogP) is 2.26. The van der Waals surface area contributed by atoms with Gasteiger partial charge in [0, 0.05) is 17.3 Å². The van der Waals surface area contributed by atoms with E-state index in [1.165, 1.54) is 6.33 Å². The van der Waals surface area contributed by atoms with Gasteiger partial charge in [0.2, 0.25) is 0 Å². The second-order valence-corrected chi connectivity index (χ2v) is 3.93. The van der Waals surface area contributed by atoms with Crippen LogP contribution in [0, 0.1) is 6.92 Å². The first-order valence-corrected chi connectivity index (χ1v) is 5.17. The van der Waals surface area contributed by atoms with Crippen LogP contribution in [0.2, 0.25) is 0 Å². The van der Waals surface area contributed by atoms with E-state index >= 15 is 0 Å². The largest absolute Gasteiger partial charge is 0.368 e. The molecule has 0 atom stereocenters. The molecule has 0 bridgehead atoms. The summed E-state index contributed by atoms with van der Waals surface area (Å²) in [5.74, 6) is 1.33. The molecule has 0 spiro atoms. The van der Waals surface area contributed by atoms with Crippen molar-refractivity contribution in [1.82, 2.24) is 15.1 Å². The molecular weight excluding hydrogens is 204 g/mol. The Morgan fingerprint density at radius 3 is 2.75 bits per heavy atom. The normalized spacial score (nSPS) is 10.8. The molecule has 0 saturated carbocycles. The second kappa shape index (κ2) is 4.30. The molecule has 0 unspecified atom stereocenters. The highest BCUT2D eigenvalue weighted by atomic mass is 16.5. The predicted molar refractivity (Wildman–Crippen MR) is 61.0 cm³/mol. The molecule has 0 saturated heterocycles. The summed E-state index contributed by atoms with van der Waals surface area (Å²) in [7, 11) is 0. The van der Waals surface area contributed by atoms with E-state index in [-0.39, 0.29) is 0 Å². The number of hydrogen-bond acceptors (Lipinski definition) is 5. The van der Waals surface area contributed by atoms with E-state index in [0.29, 0.717) is 11.9 Å². The average Bonchev–Trinajstić information content (AvgIpc) is 2.67. The third-order valence-corrected chi connectivity index (χ3v) is 2.00. The number of hydrogen-bond donors (Lipinski definition) is 1. The van der Waals surface area contributed by atoms with E-state index in [1.54, 1.807) is 0 Å². The van der Waals surface area contributed by atoms with Gasteiger partial charge in [0.05, 0.1) is 0 Å². The Balaban J connectivity index is 2.36. The Labute approximate surface area is 93.9 Å². The maximum atomic E-state index is 5.02. The van der Waals surface area contributed by atoms with Gasteiger partial charge in [-0.1, -0.05) is 5.16 Å². The van der Waals surface area contributed by atoms with Crippen LogP contribution in [0.4, 0.5) is 5.82 Å². The monoisotopic (exact) mass is 218 g/mol. The molecular formula is C11H14N4O. The van der Waals surface area contributed by atoms with Gasteiger partial charge in [-0.05, 0) is 32.9 Å². The lowest BCUT2D eigenvalue weighted by Crippen LogP contribution is -2.11. The molecule has 0 aliphatic heterocycles. The maximum Gasteiger partial charge on any atom is 0.257 e.